The quantitative estimate of drug-likeness (QED) is 0.725. The molecule has 0 aliphatic carbocycles. The van der Waals surface area contributed by atoms with Crippen molar-refractivity contribution < 1.29 is 22.7 Å². The van der Waals surface area contributed by atoms with Crippen LogP contribution in [0.4, 0.5) is 10.7 Å². The minimum atomic E-state index is -3.59. The fraction of sp³-hybridized carbons (Fsp3) is 0.188. The van der Waals surface area contributed by atoms with E-state index in [-0.39, 0.29) is 11.3 Å². The Hall–Kier alpha value is -2.90. The summed E-state index contributed by atoms with van der Waals surface area (Å²) in [5.41, 5.74) is 0.341. The van der Waals surface area contributed by atoms with Crippen molar-refractivity contribution in [3.05, 3.63) is 46.8 Å². The van der Waals surface area contributed by atoms with Crippen molar-refractivity contribution in [2.75, 3.05) is 16.3 Å². The highest BCUT2D eigenvalue weighted by Crippen LogP contribution is 2.23. The number of nitrogens with one attached hydrogen (secondary N) is 2. The van der Waals surface area contributed by atoms with Gasteiger partial charge in [0.1, 0.15) is 11.1 Å². The molecular weight excluding hydrogens is 378 g/mol. The second-order valence-electron chi connectivity index (χ2n) is 5.23. The zero-order valence-electron chi connectivity index (χ0n) is 13.8. The Balaban J connectivity index is 2.10. The third kappa shape index (κ3) is 5.05. The third-order valence-electron chi connectivity index (χ3n) is 3.12. The molecule has 0 aliphatic heterocycles. The number of para-hydroxylation sites is 1. The van der Waals surface area contributed by atoms with E-state index in [2.05, 4.69) is 10.0 Å². The molecule has 136 valence electrons. The maximum atomic E-state index is 12.3. The summed E-state index contributed by atoms with van der Waals surface area (Å²) in [6.45, 7) is 1.37. The third-order valence-corrected chi connectivity index (χ3v) is 4.54. The van der Waals surface area contributed by atoms with E-state index < -0.39 is 28.0 Å². The van der Waals surface area contributed by atoms with Crippen LogP contribution in [-0.2, 0) is 19.6 Å². The Labute approximate surface area is 154 Å². The summed E-state index contributed by atoms with van der Waals surface area (Å²) in [5.74, 6) is -1.46. The SMILES string of the molecule is C[C@@H](OC(=O)c1ccccc1NS(C)(=O)=O)C(=O)Nc1sccc1C#N. The van der Waals surface area contributed by atoms with Crippen molar-refractivity contribution in [2.45, 2.75) is 13.0 Å². The zero-order chi connectivity index (χ0) is 19.3. The monoisotopic (exact) mass is 393 g/mol. The van der Waals surface area contributed by atoms with Gasteiger partial charge in [-0.05, 0) is 30.5 Å². The van der Waals surface area contributed by atoms with E-state index in [0.29, 0.717) is 10.6 Å². The number of nitriles is 1. The lowest BCUT2D eigenvalue weighted by molar-refractivity contribution is -0.123. The van der Waals surface area contributed by atoms with Crippen LogP contribution in [0.2, 0.25) is 0 Å². The first-order valence-electron chi connectivity index (χ1n) is 7.27. The Kier molecular flexibility index (Phi) is 5.97. The van der Waals surface area contributed by atoms with Crippen LogP contribution in [0.25, 0.3) is 0 Å². The fourth-order valence-electron chi connectivity index (χ4n) is 1.94. The molecule has 26 heavy (non-hydrogen) atoms. The van der Waals surface area contributed by atoms with Crippen molar-refractivity contribution >= 4 is 43.9 Å². The van der Waals surface area contributed by atoms with E-state index in [1.54, 1.807) is 23.6 Å². The normalized spacial score (nSPS) is 11.9. The molecular formula is C16H15N3O5S2. The molecule has 2 aromatic rings. The standard InChI is InChI=1S/C16H15N3O5S2/c1-10(14(20)18-15-11(9-17)7-8-25-15)24-16(21)12-5-3-4-6-13(12)19-26(2,22)23/h3-8,10,19H,1-2H3,(H,18,20)/t10-/m1/s1. The van der Waals surface area contributed by atoms with Crippen molar-refractivity contribution in [2.24, 2.45) is 0 Å². The molecule has 0 saturated carbocycles. The Bertz CT molecular complexity index is 976. The Morgan fingerprint density at radius 2 is 1.96 bits per heavy atom. The molecule has 0 aliphatic rings. The largest absolute Gasteiger partial charge is 0.449 e. The summed E-state index contributed by atoms with van der Waals surface area (Å²) in [6, 6.07) is 9.39. The lowest BCUT2D eigenvalue weighted by Crippen LogP contribution is -2.30. The number of rotatable bonds is 6. The summed E-state index contributed by atoms with van der Waals surface area (Å²) in [6.07, 6.45) is -0.193. The number of ether oxygens (including phenoxy) is 1. The molecule has 10 heteroatoms. The van der Waals surface area contributed by atoms with Crippen LogP contribution in [0.5, 0.6) is 0 Å². The smallest absolute Gasteiger partial charge is 0.341 e. The number of benzene rings is 1. The molecule has 0 saturated heterocycles. The number of nitrogens with zero attached hydrogens (tertiary/aromatic N) is 1. The number of esters is 1. The van der Waals surface area contributed by atoms with E-state index in [4.69, 9.17) is 10.00 Å². The van der Waals surface area contributed by atoms with Gasteiger partial charge in [0.25, 0.3) is 5.91 Å². The van der Waals surface area contributed by atoms with Gasteiger partial charge < -0.3 is 10.1 Å². The molecule has 2 rings (SSSR count). The minimum absolute atomic E-state index is 0.0218. The predicted octanol–water partition coefficient (Wildman–Crippen LogP) is 2.18. The van der Waals surface area contributed by atoms with E-state index in [1.807, 2.05) is 6.07 Å². The predicted molar refractivity (Wildman–Crippen MR) is 97.4 cm³/mol. The fourth-order valence-corrected chi connectivity index (χ4v) is 3.25. The van der Waals surface area contributed by atoms with Gasteiger partial charge in [-0.25, -0.2) is 13.2 Å². The second-order valence-corrected chi connectivity index (χ2v) is 7.90. The van der Waals surface area contributed by atoms with Gasteiger partial charge in [0, 0.05) is 0 Å². The van der Waals surface area contributed by atoms with Crippen molar-refractivity contribution in [1.82, 2.24) is 0 Å². The van der Waals surface area contributed by atoms with Gasteiger partial charge >= 0.3 is 5.97 Å². The number of hydrogen-bond donors (Lipinski definition) is 2. The molecule has 0 bridgehead atoms. The second kappa shape index (κ2) is 7.99. The van der Waals surface area contributed by atoms with Crippen molar-refractivity contribution in [1.29, 1.82) is 5.26 Å². The number of carbonyl (C=O) groups excluding carboxylic acids is 2. The maximum absolute atomic E-state index is 12.3. The van der Waals surface area contributed by atoms with Gasteiger partial charge in [-0.3, -0.25) is 9.52 Å². The van der Waals surface area contributed by atoms with Crippen LogP contribution in [0, 0.1) is 11.3 Å². The molecule has 2 N–H and O–H groups in total. The van der Waals surface area contributed by atoms with Gasteiger partial charge in [0.15, 0.2) is 6.10 Å². The molecule has 8 nitrogen and oxygen atoms in total. The van der Waals surface area contributed by atoms with Crippen LogP contribution in [-0.4, -0.2) is 32.7 Å². The highest BCUT2D eigenvalue weighted by molar-refractivity contribution is 7.92. The first-order chi connectivity index (χ1) is 12.2. The topological polar surface area (TPSA) is 125 Å². The molecule has 1 aromatic heterocycles. The average Bonchev–Trinajstić information content (AvgIpc) is 3.00. The van der Waals surface area contributed by atoms with E-state index in [0.717, 1.165) is 6.26 Å². The number of sulfonamides is 1. The highest BCUT2D eigenvalue weighted by atomic mass is 32.2. The molecule has 1 aromatic carbocycles. The summed E-state index contributed by atoms with van der Waals surface area (Å²) in [5, 5.41) is 13.5. The van der Waals surface area contributed by atoms with Crippen LogP contribution < -0.4 is 10.0 Å². The number of amides is 1. The van der Waals surface area contributed by atoms with E-state index in [1.165, 1.54) is 30.4 Å². The zero-order valence-corrected chi connectivity index (χ0v) is 15.5. The average molecular weight is 393 g/mol. The van der Waals surface area contributed by atoms with Gasteiger partial charge in [-0.1, -0.05) is 12.1 Å². The number of thiophene rings is 1. The van der Waals surface area contributed by atoms with Gasteiger partial charge in [-0.15, -0.1) is 11.3 Å². The lowest BCUT2D eigenvalue weighted by atomic mass is 10.2. The number of anilines is 2. The summed E-state index contributed by atoms with van der Waals surface area (Å²) >= 11 is 1.17. The van der Waals surface area contributed by atoms with Crippen molar-refractivity contribution in [3.8, 4) is 6.07 Å². The van der Waals surface area contributed by atoms with Crippen LogP contribution >= 0.6 is 11.3 Å². The molecule has 0 spiro atoms. The van der Waals surface area contributed by atoms with Gasteiger partial charge in [-0.2, -0.15) is 5.26 Å². The summed E-state index contributed by atoms with van der Waals surface area (Å²) < 4.78 is 30.1. The molecule has 0 radical (unpaired) electrons. The first-order valence-corrected chi connectivity index (χ1v) is 10.0. The van der Waals surface area contributed by atoms with Gasteiger partial charge in [0.2, 0.25) is 10.0 Å². The lowest BCUT2D eigenvalue weighted by Gasteiger charge is -2.15. The summed E-state index contributed by atoms with van der Waals surface area (Å²) in [4.78, 5) is 24.5. The highest BCUT2D eigenvalue weighted by Gasteiger charge is 2.22. The summed E-state index contributed by atoms with van der Waals surface area (Å²) in [7, 11) is -3.59. The van der Waals surface area contributed by atoms with Gasteiger partial charge in [0.05, 0.1) is 23.1 Å². The molecule has 0 unspecified atom stereocenters. The van der Waals surface area contributed by atoms with Crippen LogP contribution in [0.3, 0.4) is 0 Å². The van der Waals surface area contributed by atoms with Crippen molar-refractivity contribution in [3.63, 3.8) is 0 Å². The molecule has 1 atom stereocenters. The number of hydrogen-bond acceptors (Lipinski definition) is 7. The van der Waals surface area contributed by atoms with Crippen LogP contribution in [0.15, 0.2) is 35.7 Å². The Morgan fingerprint density at radius 1 is 1.27 bits per heavy atom. The van der Waals surface area contributed by atoms with E-state index in [9.17, 15) is 18.0 Å². The molecule has 0 fully saturated rings. The Morgan fingerprint density at radius 3 is 2.62 bits per heavy atom. The van der Waals surface area contributed by atoms with E-state index >= 15 is 0 Å². The number of carbonyl (C=O) groups is 2. The first kappa shape index (κ1) is 19.4. The minimum Gasteiger partial charge on any atom is -0.449 e. The molecule has 1 amide bonds. The molecule has 1 heterocycles. The maximum Gasteiger partial charge on any atom is 0.341 e. The van der Waals surface area contributed by atoms with Crippen LogP contribution in [0.1, 0.15) is 22.8 Å².